The lowest BCUT2D eigenvalue weighted by atomic mass is 10.1. The number of benzene rings is 1. The van der Waals surface area contributed by atoms with Crippen molar-refractivity contribution in [2.75, 3.05) is 23.7 Å². The molecule has 4 heterocycles. The van der Waals surface area contributed by atoms with Crippen molar-refractivity contribution in [1.82, 2.24) is 29.1 Å². The molecule has 1 aliphatic rings. The van der Waals surface area contributed by atoms with Crippen LogP contribution in [0.2, 0.25) is 0 Å². The average Bonchev–Trinajstić information content (AvgIpc) is 3.34. The van der Waals surface area contributed by atoms with E-state index in [1.165, 1.54) is 11.0 Å². The van der Waals surface area contributed by atoms with Gasteiger partial charge in [0.1, 0.15) is 0 Å². The summed E-state index contributed by atoms with van der Waals surface area (Å²) in [5.74, 6) is 1.48. The SMILES string of the molecule is Cn1c(=O)[nH]c(=O)c2c1nc(N1CCCCC1)n2CCSc1nc2ccccc2[nH]1. The number of aromatic amines is 2. The summed E-state index contributed by atoms with van der Waals surface area (Å²) < 4.78 is 3.36. The van der Waals surface area contributed by atoms with Gasteiger partial charge in [-0.1, -0.05) is 23.9 Å². The Morgan fingerprint density at radius 2 is 1.87 bits per heavy atom. The maximum absolute atomic E-state index is 12.6. The molecule has 9 nitrogen and oxygen atoms in total. The highest BCUT2D eigenvalue weighted by atomic mass is 32.2. The van der Waals surface area contributed by atoms with Crippen LogP contribution in [0.1, 0.15) is 19.3 Å². The van der Waals surface area contributed by atoms with Crippen LogP contribution in [0.25, 0.3) is 22.2 Å². The lowest BCUT2D eigenvalue weighted by Crippen LogP contribution is -2.32. The third-order valence-corrected chi connectivity index (χ3v) is 6.40. The number of rotatable bonds is 5. The van der Waals surface area contributed by atoms with Gasteiger partial charge in [-0.05, 0) is 31.4 Å². The molecule has 0 atom stereocenters. The molecular weight excluding hydrogens is 402 g/mol. The predicted molar refractivity (Wildman–Crippen MR) is 118 cm³/mol. The summed E-state index contributed by atoms with van der Waals surface area (Å²) >= 11 is 1.61. The van der Waals surface area contributed by atoms with E-state index in [1.807, 2.05) is 28.8 Å². The number of nitrogens with zero attached hydrogens (tertiary/aromatic N) is 5. The number of nitrogens with one attached hydrogen (secondary N) is 2. The van der Waals surface area contributed by atoms with Crippen molar-refractivity contribution < 1.29 is 0 Å². The first-order valence-corrected chi connectivity index (χ1v) is 11.1. The van der Waals surface area contributed by atoms with Crippen LogP contribution in [-0.4, -0.2) is 47.9 Å². The Morgan fingerprint density at radius 1 is 1.07 bits per heavy atom. The van der Waals surface area contributed by atoms with E-state index in [-0.39, 0.29) is 0 Å². The van der Waals surface area contributed by atoms with E-state index >= 15 is 0 Å². The maximum Gasteiger partial charge on any atom is 0.329 e. The number of anilines is 1. The quantitative estimate of drug-likeness (QED) is 0.475. The van der Waals surface area contributed by atoms with E-state index in [2.05, 4.69) is 19.9 Å². The number of thioether (sulfide) groups is 1. The Morgan fingerprint density at radius 3 is 2.67 bits per heavy atom. The van der Waals surface area contributed by atoms with Crippen LogP contribution < -0.4 is 16.1 Å². The van der Waals surface area contributed by atoms with Crippen LogP contribution in [0.15, 0.2) is 39.0 Å². The highest BCUT2D eigenvalue weighted by molar-refractivity contribution is 7.99. The molecule has 4 aromatic rings. The molecule has 0 bridgehead atoms. The zero-order valence-electron chi connectivity index (χ0n) is 16.7. The molecule has 5 rings (SSSR count). The highest BCUT2D eigenvalue weighted by Gasteiger charge is 2.22. The van der Waals surface area contributed by atoms with Crippen molar-refractivity contribution in [3.63, 3.8) is 0 Å². The number of hydrogen-bond donors (Lipinski definition) is 2. The van der Waals surface area contributed by atoms with Crippen molar-refractivity contribution in [2.45, 2.75) is 31.0 Å². The summed E-state index contributed by atoms with van der Waals surface area (Å²) in [6, 6.07) is 7.93. The van der Waals surface area contributed by atoms with Crippen LogP contribution in [0.5, 0.6) is 0 Å². The molecule has 0 radical (unpaired) electrons. The fourth-order valence-electron chi connectivity index (χ4n) is 4.00. The van der Waals surface area contributed by atoms with Gasteiger partial charge in [-0.3, -0.25) is 14.3 Å². The van der Waals surface area contributed by atoms with Crippen molar-refractivity contribution >= 4 is 39.9 Å². The molecule has 1 saturated heterocycles. The highest BCUT2D eigenvalue weighted by Crippen LogP contribution is 2.25. The number of piperidine rings is 1. The second-order valence-electron chi connectivity index (χ2n) is 7.51. The Bertz CT molecular complexity index is 1290. The molecule has 0 amide bonds. The summed E-state index contributed by atoms with van der Waals surface area (Å²) in [6.07, 6.45) is 3.41. The third kappa shape index (κ3) is 3.30. The summed E-state index contributed by atoms with van der Waals surface area (Å²) in [6.45, 7) is 2.41. The molecule has 1 aromatic carbocycles. The topological polar surface area (TPSA) is 105 Å². The number of fused-ring (bicyclic) bond motifs is 2. The summed E-state index contributed by atoms with van der Waals surface area (Å²) in [4.78, 5) is 42.0. The number of aromatic nitrogens is 6. The Labute approximate surface area is 176 Å². The molecule has 2 N–H and O–H groups in total. The number of aryl methyl sites for hydroxylation is 2. The van der Waals surface area contributed by atoms with E-state index in [0.29, 0.717) is 23.5 Å². The first-order chi connectivity index (χ1) is 14.6. The minimum absolute atomic E-state index is 0.391. The smallest absolute Gasteiger partial charge is 0.329 e. The molecular formula is C20H23N7O2S. The fourth-order valence-corrected chi connectivity index (χ4v) is 4.81. The lowest BCUT2D eigenvalue weighted by molar-refractivity contribution is 0.559. The van der Waals surface area contributed by atoms with Crippen molar-refractivity contribution in [2.24, 2.45) is 7.05 Å². The number of H-pyrrole nitrogens is 2. The van der Waals surface area contributed by atoms with Gasteiger partial charge in [0.2, 0.25) is 5.95 Å². The van der Waals surface area contributed by atoms with Crippen molar-refractivity contribution in [3.8, 4) is 0 Å². The van der Waals surface area contributed by atoms with E-state index in [4.69, 9.17) is 4.98 Å². The van der Waals surface area contributed by atoms with E-state index in [0.717, 1.165) is 48.1 Å². The molecule has 1 aliphatic heterocycles. The van der Waals surface area contributed by atoms with Crippen molar-refractivity contribution in [3.05, 3.63) is 45.1 Å². The van der Waals surface area contributed by atoms with Gasteiger partial charge in [0.05, 0.1) is 11.0 Å². The Kier molecular flexibility index (Phi) is 4.86. The van der Waals surface area contributed by atoms with Crippen LogP contribution in [-0.2, 0) is 13.6 Å². The van der Waals surface area contributed by atoms with E-state index in [9.17, 15) is 9.59 Å². The minimum atomic E-state index is -0.445. The zero-order valence-corrected chi connectivity index (χ0v) is 17.5. The van der Waals surface area contributed by atoms with Gasteiger partial charge in [0.15, 0.2) is 16.3 Å². The molecule has 10 heteroatoms. The Hall–Kier alpha value is -3.01. The molecule has 0 unspecified atom stereocenters. The molecule has 3 aromatic heterocycles. The molecule has 30 heavy (non-hydrogen) atoms. The monoisotopic (exact) mass is 425 g/mol. The standard InChI is InChI=1S/C20H23N7O2S/c1-25-16-15(17(28)24-20(25)29)27(19(23-16)26-9-5-2-6-10-26)11-12-30-18-21-13-7-3-4-8-14(13)22-18/h3-4,7-8H,2,5-6,9-12H2,1H3,(H,21,22)(H,24,28,29). The van der Waals surface area contributed by atoms with Crippen LogP contribution in [0, 0.1) is 0 Å². The molecule has 156 valence electrons. The van der Waals surface area contributed by atoms with Gasteiger partial charge in [-0.15, -0.1) is 0 Å². The second kappa shape index (κ2) is 7.67. The second-order valence-corrected chi connectivity index (χ2v) is 8.59. The first kappa shape index (κ1) is 19.0. The maximum atomic E-state index is 12.6. The van der Waals surface area contributed by atoms with Gasteiger partial charge in [0, 0.05) is 32.4 Å². The zero-order chi connectivity index (χ0) is 20.7. The number of hydrogen-bond acceptors (Lipinski definition) is 6. The van der Waals surface area contributed by atoms with Gasteiger partial charge in [-0.25, -0.2) is 9.78 Å². The normalized spacial score (nSPS) is 14.8. The van der Waals surface area contributed by atoms with Gasteiger partial charge < -0.3 is 14.5 Å². The first-order valence-electron chi connectivity index (χ1n) is 10.1. The van der Waals surface area contributed by atoms with Crippen LogP contribution >= 0.6 is 11.8 Å². The summed E-state index contributed by atoms with van der Waals surface area (Å²) in [5.41, 5.74) is 1.99. The summed E-state index contributed by atoms with van der Waals surface area (Å²) in [5, 5.41) is 0.849. The third-order valence-electron chi connectivity index (χ3n) is 5.55. The average molecular weight is 426 g/mol. The largest absolute Gasteiger partial charge is 0.342 e. The van der Waals surface area contributed by atoms with Crippen LogP contribution in [0.3, 0.4) is 0 Å². The van der Waals surface area contributed by atoms with Crippen LogP contribution in [0.4, 0.5) is 5.95 Å². The molecule has 0 spiro atoms. The molecule has 0 saturated carbocycles. The Balaban J connectivity index is 1.48. The number of imidazole rings is 2. The lowest BCUT2D eigenvalue weighted by Gasteiger charge is -2.28. The van der Waals surface area contributed by atoms with Crippen molar-refractivity contribution in [1.29, 1.82) is 0 Å². The van der Waals surface area contributed by atoms with E-state index in [1.54, 1.807) is 18.8 Å². The summed E-state index contributed by atoms with van der Waals surface area (Å²) in [7, 11) is 1.64. The molecule has 1 fully saturated rings. The predicted octanol–water partition coefficient (Wildman–Crippen LogP) is 2.08. The van der Waals surface area contributed by atoms with Gasteiger partial charge in [0.25, 0.3) is 5.56 Å². The minimum Gasteiger partial charge on any atom is -0.342 e. The number of para-hydroxylation sites is 2. The van der Waals surface area contributed by atoms with E-state index < -0.39 is 11.2 Å². The fraction of sp³-hybridized carbons (Fsp3) is 0.400. The van der Waals surface area contributed by atoms with Gasteiger partial charge in [-0.2, -0.15) is 4.98 Å². The molecule has 0 aliphatic carbocycles. The van der Waals surface area contributed by atoms with Gasteiger partial charge >= 0.3 is 5.69 Å².